The number of fused-ring (bicyclic) bond motifs is 1. The number of methoxy groups -OCH3 is 1. The molecular formula is C22H18ClN3O2S2. The number of carbonyl (C=O) groups excluding carboxylic acids is 1. The fourth-order valence-corrected chi connectivity index (χ4v) is 4.98. The van der Waals surface area contributed by atoms with E-state index in [-0.39, 0.29) is 11.7 Å². The third-order valence-electron chi connectivity index (χ3n) is 4.52. The zero-order valence-electron chi connectivity index (χ0n) is 16.3. The molecule has 0 unspecified atom stereocenters. The van der Waals surface area contributed by atoms with Crippen LogP contribution in [-0.2, 0) is 4.79 Å². The smallest absolute Gasteiger partial charge is 0.234 e. The number of anilines is 1. The van der Waals surface area contributed by atoms with Crippen LogP contribution in [0.3, 0.4) is 0 Å². The van der Waals surface area contributed by atoms with Crippen molar-refractivity contribution >= 4 is 56.5 Å². The third-order valence-corrected chi connectivity index (χ3v) is 6.80. The van der Waals surface area contributed by atoms with E-state index in [1.54, 1.807) is 36.9 Å². The minimum atomic E-state index is -0.150. The van der Waals surface area contributed by atoms with Crippen molar-refractivity contribution in [3.05, 3.63) is 64.8 Å². The van der Waals surface area contributed by atoms with Gasteiger partial charge in [0.15, 0.2) is 0 Å². The molecule has 2 aromatic heterocycles. The largest absolute Gasteiger partial charge is 0.495 e. The quantitative estimate of drug-likeness (QED) is 0.283. The molecule has 2 heterocycles. The summed E-state index contributed by atoms with van der Waals surface area (Å²) in [6.45, 7) is 1.88. The highest BCUT2D eigenvalue weighted by atomic mass is 35.5. The maximum absolute atomic E-state index is 12.6. The summed E-state index contributed by atoms with van der Waals surface area (Å²) in [6.07, 6.45) is 1.54. The van der Waals surface area contributed by atoms with Crippen molar-refractivity contribution in [3.63, 3.8) is 0 Å². The van der Waals surface area contributed by atoms with Gasteiger partial charge in [0.2, 0.25) is 5.91 Å². The van der Waals surface area contributed by atoms with E-state index in [2.05, 4.69) is 32.8 Å². The van der Waals surface area contributed by atoms with Crippen molar-refractivity contribution in [2.45, 2.75) is 11.9 Å². The van der Waals surface area contributed by atoms with E-state index in [1.807, 2.05) is 25.1 Å². The van der Waals surface area contributed by atoms with Gasteiger partial charge in [-0.3, -0.25) is 4.79 Å². The van der Waals surface area contributed by atoms with Crippen LogP contribution in [0.4, 0.5) is 5.69 Å². The molecule has 2 aromatic carbocycles. The zero-order valence-corrected chi connectivity index (χ0v) is 18.7. The Morgan fingerprint density at radius 2 is 2.03 bits per heavy atom. The molecule has 5 nitrogen and oxygen atoms in total. The lowest BCUT2D eigenvalue weighted by atomic mass is 10.1. The normalized spacial score (nSPS) is 10.9. The molecule has 0 radical (unpaired) electrons. The van der Waals surface area contributed by atoms with Gasteiger partial charge in [0.25, 0.3) is 0 Å². The van der Waals surface area contributed by atoms with E-state index in [4.69, 9.17) is 16.3 Å². The number of nitrogens with zero attached hydrogens (tertiary/aromatic N) is 2. The van der Waals surface area contributed by atoms with Crippen molar-refractivity contribution in [1.82, 2.24) is 9.97 Å². The molecule has 4 aromatic rings. The molecule has 0 aliphatic carbocycles. The molecule has 0 saturated carbocycles. The Balaban J connectivity index is 1.55. The maximum atomic E-state index is 12.6. The van der Waals surface area contributed by atoms with E-state index < -0.39 is 0 Å². The third kappa shape index (κ3) is 4.28. The Kier molecular flexibility index (Phi) is 6.22. The summed E-state index contributed by atoms with van der Waals surface area (Å²) in [5.41, 5.74) is 3.64. The standard InChI is InChI=1S/C22H18ClN3O2S2/c1-13-8-17(18(28-2)9-16(13)23)26-19(27)11-30-22-20-15(14-6-4-3-5-7-14)10-29-21(20)24-12-25-22/h3-10,12H,11H2,1-2H3,(H,26,27). The van der Waals surface area contributed by atoms with Gasteiger partial charge in [0, 0.05) is 22.0 Å². The number of nitrogens with one attached hydrogen (secondary N) is 1. The second-order valence-electron chi connectivity index (χ2n) is 6.51. The van der Waals surface area contributed by atoms with Gasteiger partial charge in [-0.15, -0.1) is 11.3 Å². The molecule has 0 atom stereocenters. The SMILES string of the molecule is COc1cc(Cl)c(C)cc1NC(=O)CSc1ncnc2scc(-c3ccccc3)c12. The van der Waals surface area contributed by atoms with Gasteiger partial charge >= 0.3 is 0 Å². The molecule has 0 fully saturated rings. The fourth-order valence-electron chi connectivity index (χ4n) is 3.04. The molecule has 0 spiro atoms. The molecule has 0 bridgehead atoms. The van der Waals surface area contributed by atoms with Gasteiger partial charge in [0.05, 0.1) is 23.9 Å². The second-order valence-corrected chi connectivity index (χ2v) is 8.74. The number of benzene rings is 2. The van der Waals surface area contributed by atoms with Crippen LogP contribution in [0.15, 0.2) is 59.2 Å². The van der Waals surface area contributed by atoms with Crippen LogP contribution in [0.25, 0.3) is 21.3 Å². The Morgan fingerprint density at radius 3 is 2.80 bits per heavy atom. The van der Waals surface area contributed by atoms with Crippen LogP contribution in [0, 0.1) is 6.92 Å². The summed E-state index contributed by atoms with van der Waals surface area (Å²) in [4.78, 5) is 22.4. The lowest BCUT2D eigenvalue weighted by molar-refractivity contribution is -0.113. The van der Waals surface area contributed by atoms with E-state index in [0.717, 1.165) is 31.9 Å². The molecule has 4 rings (SSSR count). The number of amides is 1. The van der Waals surface area contributed by atoms with Crippen molar-refractivity contribution in [2.75, 3.05) is 18.2 Å². The predicted molar refractivity (Wildman–Crippen MR) is 125 cm³/mol. The molecule has 1 N–H and O–H groups in total. The van der Waals surface area contributed by atoms with Gasteiger partial charge in [-0.05, 0) is 24.1 Å². The molecule has 8 heteroatoms. The summed E-state index contributed by atoms with van der Waals surface area (Å²) in [5, 5.41) is 7.34. The molecule has 0 aliphatic heterocycles. The van der Waals surface area contributed by atoms with E-state index in [9.17, 15) is 4.79 Å². The molecule has 152 valence electrons. The predicted octanol–water partition coefficient (Wildman–Crippen LogP) is 6.06. The first-order valence-corrected chi connectivity index (χ1v) is 11.4. The minimum Gasteiger partial charge on any atom is -0.495 e. The zero-order chi connectivity index (χ0) is 21.1. The number of carbonyl (C=O) groups is 1. The first kappa shape index (κ1) is 20.7. The van der Waals surface area contributed by atoms with E-state index in [0.29, 0.717) is 16.5 Å². The van der Waals surface area contributed by atoms with Crippen LogP contribution in [0.2, 0.25) is 5.02 Å². The first-order chi connectivity index (χ1) is 14.6. The number of hydrogen-bond acceptors (Lipinski definition) is 6. The van der Waals surface area contributed by atoms with Gasteiger partial charge < -0.3 is 10.1 Å². The van der Waals surface area contributed by atoms with Crippen LogP contribution < -0.4 is 10.1 Å². The number of aromatic nitrogens is 2. The van der Waals surface area contributed by atoms with Crippen molar-refractivity contribution < 1.29 is 9.53 Å². The monoisotopic (exact) mass is 455 g/mol. The Labute approximate surface area is 187 Å². The molecule has 0 aliphatic rings. The second kappa shape index (κ2) is 9.04. The minimum absolute atomic E-state index is 0.150. The number of thioether (sulfide) groups is 1. The summed E-state index contributed by atoms with van der Waals surface area (Å²) >= 11 is 9.10. The highest BCUT2D eigenvalue weighted by molar-refractivity contribution is 8.00. The number of hydrogen-bond donors (Lipinski definition) is 1. The summed E-state index contributed by atoms with van der Waals surface area (Å²) in [6, 6.07) is 13.6. The number of ether oxygens (including phenoxy) is 1. The molecule has 0 saturated heterocycles. The van der Waals surface area contributed by atoms with Crippen LogP contribution in [0.1, 0.15) is 5.56 Å². The lowest BCUT2D eigenvalue weighted by Crippen LogP contribution is -2.15. The maximum Gasteiger partial charge on any atom is 0.234 e. The summed E-state index contributed by atoms with van der Waals surface area (Å²) < 4.78 is 5.33. The van der Waals surface area contributed by atoms with Gasteiger partial charge in [-0.2, -0.15) is 0 Å². The summed E-state index contributed by atoms with van der Waals surface area (Å²) in [7, 11) is 1.55. The molecular weight excluding hydrogens is 438 g/mol. The average molecular weight is 456 g/mol. The summed E-state index contributed by atoms with van der Waals surface area (Å²) in [5.74, 6) is 0.585. The van der Waals surface area contributed by atoms with Crippen LogP contribution >= 0.6 is 34.7 Å². The Bertz CT molecular complexity index is 1210. The van der Waals surface area contributed by atoms with Crippen LogP contribution in [-0.4, -0.2) is 28.7 Å². The highest BCUT2D eigenvalue weighted by Gasteiger charge is 2.16. The van der Waals surface area contributed by atoms with Gasteiger partial charge in [0.1, 0.15) is 21.9 Å². The van der Waals surface area contributed by atoms with E-state index in [1.165, 1.54) is 11.8 Å². The number of rotatable bonds is 6. The van der Waals surface area contributed by atoms with Crippen LogP contribution in [0.5, 0.6) is 5.75 Å². The number of aryl methyl sites for hydroxylation is 1. The topological polar surface area (TPSA) is 64.1 Å². The fraction of sp³-hybridized carbons (Fsp3) is 0.136. The molecule has 1 amide bonds. The number of halogens is 1. The van der Waals surface area contributed by atoms with Crippen molar-refractivity contribution in [1.29, 1.82) is 0 Å². The first-order valence-electron chi connectivity index (χ1n) is 9.11. The Hall–Kier alpha value is -2.61. The van der Waals surface area contributed by atoms with E-state index >= 15 is 0 Å². The van der Waals surface area contributed by atoms with Gasteiger partial charge in [-0.1, -0.05) is 53.7 Å². The number of thiophene rings is 1. The average Bonchev–Trinajstić information content (AvgIpc) is 3.20. The molecule has 30 heavy (non-hydrogen) atoms. The Morgan fingerprint density at radius 1 is 1.23 bits per heavy atom. The highest BCUT2D eigenvalue weighted by Crippen LogP contribution is 2.38. The van der Waals surface area contributed by atoms with Crippen molar-refractivity contribution in [2.24, 2.45) is 0 Å². The lowest BCUT2D eigenvalue weighted by Gasteiger charge is -2.12. The van der Waals surface area contributed by atoms with Gasteiger partial charge in [-0.25, -0.2) is 9.97 Å². The van der Waals surface area contributed by atoms with Crippen molar-refractivity contribution in [3.8, 4) is 16.9 Å².